The van der Waals surface area contributed by atoms with Crippen molar-refractivity contribution >= 4 is 5.78 Å². The van der Waals surface area contributed by atoms with E-state index in [0.717, 1.165) is 24.7 Å². The summed E-state index contributed by atoms with van der Waals surface area (Å²) in [6.07, 6.45) is 8.19. The van der Waals surface area contributed by atoms with Gasteiger partial charge in [-0.2, -0.15) is 0 Å². The number of Topliss-reactive ketones (excluding diaryl/α,β-unsaturated/α-hetero) is 1. The average molecular weight is 238 g/mol. The zero-order chi connectivity index (χ0) is 12.8. The van der Waals surface area contributed by atoms with E-state index in [-0.39, 0.29) is 0 Å². The van der Waals surface area contributed by atoms with Crippen LogP contribution in [0.5, 0.6) is 0 Å². The largest absolute Gasteiger partial charge is 0.299 e. The van der Waals surface area contributed by atoms with Gasteiger partial charge in [0.2, 0.25) is 0 Å². The van der Waals surface area contributed by atoms with Gasteiger partial charge in [-0.25, -0.2) is 0 Å². The Morgan fingerprint density at radius 3 is 2.29 bits per heavy atom. The summed E-state index contributed by atoms with van der Waals surface area (Å²) in [5, 5.41) is 0. The molecule has 1 aliphatic carbocycles. The van der Waals surface area contributed by atoms with Crippen molar-refractivity contribution in [2.75, 3.05) is 0 Å². The van der Waals surface area contributed by atoms with Crippen molar-refractivity contribution in [2.24, 2.45) is 23.7 Å². The molecule has 0 amide bonds. The summed E-state index contributed by atoms with van der Waals surface area (Å²) in [7, 11) is 0. The van der Waals surface area contributed by atoms with Crippen LogP contribution < -0.4 is 0 Å². The molecule has 0 saturated heterocycles. The molecule has 0 aromatic carbocycles. The van der Waals surface area contributed by atoms with Crippen LogP contribution in [0, 0.1) is 23.7 Å². The van der Waals surface area contributed by atoms with Crippen LogP contribution in [-0.2, 0) is 4.79 Å². The highest BCUT2D eigenvalue weighted by atomic mass is 16.1. The molecule has 1 heteroatoms. The number of ketones is 1. The highest BCUT2D eigenvalue weighted by molar-refractivity contribution is 5.82. The zero-order valence-corrected chi connectivity index (χ0v) is 12.2. The summed E-state index contributed by atoms with van der Waals surface area (Å²) in [5.74, 6) is 3.13. The summed E-state index contributed by atoms with van der Waals surface area (Å²) in [6.45, 7) is 9.15. The number of rotatable bonds is 6. The monoisotopic (exact) mass is 238 g/mol. The van der Waals surface area contributed by atoms with Gasteiger partial charge in [-0.05, 0) is 30.6 Å². The predicted molar refractivity (Wildman–Crippen MR) is 74.0 cm³/mol. The van der Waals surface area contributed by atoms with E-state index in [4.69, 9.17) is 0 Å². The van der Waals surface area contributed by atoms with Gasteiger partial charge in [0.25, 0.3) is 0 Å². The minimum Gasteiger partial charge on any atom is -0.299 e. The quantitative estimate of drug-likeness (QED) is 0.647. The Bertz CT molecular complexity index is 234. The third kappa shape index (κ3) is 4.12. The molecule has 0 unspecified atom stereocenters. The molecule has 0 aromatic rings. The molecule has 4 atom stereocenters. The normalized spacial score (nSPS) is 29.1. The van der Waals surface area contributed by atoms with Crippen molar-refractivity contribution in [3.63, 3.8) is 0 Å². The van der Waals surface area contributed by atoms with Crippen LogP contribution >= 0.6 is 0 Å². The molecule has 0 aromatic heterocycles. The van der Waals surface area contributed by atoms with Crippen LogP contribution in [0.1, 0.15) is 72.6 Å². The van der Waals surface area contributed by atoms with Crippen molar-refractivity contribution in [3.8, 4) is 0 Å². The SMILES string of the molecule is CCC[C@H](C)[C@@H]1CCC(=O)[C@H]([C@@H](C)CCC)C1. The van der Waals surface area contributed by atoms with Crippen LogP contribution in [0.4, 0.5) is 0 Å². The maximum atomic E-state index is 12.0. The van der Waals surface area contributed by atoms with Gasteiger partial charge in [0.15, 0.2) is 0 Å². The lowest BCUT2D eigenvalue weighted by Gasteiger charge is -2.35. The maximum absolute atomic E-state index is 12.0. The van der Waals surface area contributed by atoms with E-state index < -0.39 is 0 Å². The standard InChI is InChI=1S/C16H30O/c1-5-7-12(3)14-9-10-16(17)15(11-14)13(4)8-6-2/h12-15H,5-11H2,1-4H3/t12-,13-,14+,15-/m0/s1. The molecular formula is C16H30O. The van der Waals surface area contributed by atoms with Crippen molar-refractivity contribution in [2.45, 2.75) is 72.6 Å². The summed E-state index contributed by atoms with van der Waals surface area (Å²) < 4.78 is 0. The first-order valence-corrected chi connectivity index (χ1v) is 7.62. The van der Waals surface area contributed by atoms with Gasteiger partial charge >= 0.3 is 0 Å². The Morgan fingerprint density at radius 1 is 1.12 bits per heavy atom. The summed E-state index contributed by atoms with van der Waals surface area (Å²) in [4.78, 5) is 12.0. The predicted octanol–water partition coefficient (Wildman–Crippen LogP) is 4.84. The van der Waals surface area contributed by atoms with E-state index in [9.17, 15) is 4.79 Å². The van der Waals surface area contributed by atoms with Crippen molar-refractivity contribution in [1.29, 1.82) is 0 Å². The molecule has 0 N–H and O–H groups in total. The Labute approximate surface area is 107 Å². The second-order valence-corrected chi connectivity index (χ2v) is 6.14. The fourth-order valence-electron chi connectivity index (χ4n) is 3.50. The fourth-order valence-corrected chi connectivity index (χ4v) is 3.50. The number of hydrogen-bond donors (Lipinski definition) is 0. The first kappa shape index (κ1) is 14.7. The van der Waals surface area contributed by atoms with Crippen LogP contribution in [0.3, 0.4) is 0 Å². The number of hydrogen-bond acceptors (Lipinski definition) is 1. The molecule has 0 heterocycles. The number of carbonyl (C=O) groups is 1. The van der Waals surface area contributed by atoms with Crippen molar-refractivity contribution < 1.29 is 4.79 Å². The molecule has 1 saturated carbocycles. The molecule has 1 fully saturated rings. The molecule has 0 radical (unpaired) electrons. The summed E-state index contributed by atoms with van der Waals surface area (Å²) in [6, 6.07) is 0. The first-order valence-electron chi connectivity index (χ1n) is 7.62. The second kappa shape index (κ2) is 7.18. The molecule has 0 bridgehead atoms. The smallest absolute Gasteiger partial charge is 0.136 e. The van der Waals surface area contributed by atoms with Gasteiger partial charge in [-0.3, -0.25) is 4.79 Å². The lowest BCUT2D eigenvalue weighted by atomic mass is 9.69. The maximum Gasteiger partial charge on any atom is 0.136 e. The Balaban J connectivity index is 2.55. The molecule has 0 aliphatic heterocycles. The topological polar surface area (TPSA) is 17.1 Å². The van der Waals surface area contributed by atoms with E-state index in [1.165, 1.54) is 32.1 Å². The minimum atomic E-state index is 0.369. The van der Waals surface area contributed by atoms with E-state index in [1.54, 1.807) is 0 Å². The van der Waals surface area contributed by atoms with Gasteiger partial charge in [0.05, 0.1) is 0 Å². The van der Waals surface area contributed by atoms with E-state index in [2.05, 4.69) is 27.7 Å². The summed E-state index contributed by atoms with van der Waals surface area (Å²) >= 11 is 0. The van der Waals surface area contributed by atoms with Crippen LogP contribution in [0.15, 0.2) is 0 Å². The Kier molecular flexibility index (Phi) is 6.22. The van der Waals surface area contributed by atoms with Crippen molar-refractivity contribution in [1.82, 2.24) is 0 Å². The Hall–Kier alpha value is -0.330. The van der Waals surface area contributed by atoms with Gasteiger partial charge in [0, 0.05) is 12.3 Å². The van der Waals surface area contributed by atoms with Crippen LogP contribution in [0.2, 0.25) is 0 Å². The third-order valence-electron chi connectivity index (χ3n) is 4.71. The minimum absolute atomic E-state index is 0.369. The van der Waals surface area contributed by atoms with E-state index in [0.29, 0.717) is 17.6 Å². The second-order valence-electron chi connectivity index (χ2n) is 6.14. The number of carbonyl (C=O) groups excluding carboxylic acids is 1. The van der Waals surface area contributed by atoms with Gasteiger partial charge in [0.1, 0.15) is 5.78 Å². The fraction of sp³-hybridized carbons (Fsp3) is 0.938. The highest BCUT2D eigenvalue weighted by Crippen LogP contribution is 2.37. The van der Waals surface area contributed by atoms with Gasteiger partial charge in [-0.15, -0.1) is 0 Å². The van der Waals surface area contributed by atoms with Gasteiger partial charge < -0.3 is 0 Å². The molecule has 1 aliphatic rings. The van der Waals surface area contributed by atoms with Gasteiger partial charge in [-0.1, -0.05) is 53.4 Å². The lowest BCUT2D eigenvalue weighted by Crippen LogP contribution is -2.32. The summed E-state index contributed by atoms with van der Waals surface area (Å²) in [5.41, 5.74) is 0. The Morgan fingerprint density at radius 2 is 1.71 bits per heavy atom. The average Bonchev–Trinajstić information content (AvgIpc) is 2.30. The van der Waals surface area contributed by atoms with E-state index in [1.807, 2.05) is 0 Å². The lowest BCUT2D eigenvalue weighted by molar-refractivity contribution is -0.128. The molecule has 1 rings (SSSR count). The molecule has 0 spiro atoms. The first-order chi connectivity index (χ1) is 8.10. The molecular weight excluding hydrogens is 208 g/mol. The van der Waals surface area contributed by atoms with Crippen LogP contribution in [-0.4, -0.2) is 5.78 Å². The molecule has 1 nitrogen and oxygen atoms in total. The van der Waals surface area contributed by atoms with E-state index >= 15 is 0 Å². The third-order valence-corrected chi connectivity index (χ3v) is 4.71. The molecule has 17 heavy (non-hydrogen) atoms. The van der Waals surface area contributed by atoms with Crippen LogP contribution in [0.25, 0.3) is 0 Å². The zero-order valence-electron chi connectivity index (χ0n) is 12.2. The highest BCUT2D eigenvalue weighted by Gasteiger charge is 2.33. The van der Waals surface area contributed by atoms with Crippen molar-refractivity contribution in [3.05, 3.63) is 0 Å². The molecule has 100 valence electrons.